The molecule has 3 aliphatic rings. The zero-order valence-corrected chi connectivity index (χ0v) is 22.9. The van der Waals surface area contributed by atoms with E-state index in [1.165, 1.54) is 38.8 Å². The minimum Gasteiger partial charge on any atom is -0.494 e. The summed E-state index contributed by atoms with van der Waals surface area (Å²) in [6.45, 7) is 6.67. The number of amides is 3. The molecule has 3 fully saturated rings. The van der Waals surface area contributed by atoms with E-state index in [1.807, 2.05) is 29.2 Å². The van der Waals surface area contributed by atoms with Crippen molar-refractivity contribution < 1.29 is 19.1 Å². The molecular weight excluding hydrogens is 492 g/mol. The maximum Gasteiger partial charge on any atom is 0.254 e. The molecule has 3 heterocycles. The summed E-state index contributed by atoms with van der Waals surface area (Å²) in [6.07, 6.45) is 8.40. The van der Waals surface area contributed by atoms with E-state index < -0.39 is 0 Å². The Bertz CT molecular complexity index is 1120. The highest BCUT2D eigenvalue weighted by molar-refractivity contribution is 6.02. The number of anilines is 1. The molecule has 0 N–H and O–H groups in total. The summed E-state index contributed by atoms with van der Waals surface area (Å²) in [7, 11) is 0. The zero-order valence-electron chi connectivity index (χ0n) is 22.9. The first-order chi connectivity index (χ1) is 19.1. The molecule has 0 aliphatic carbocycles. The largest absolute Gasteiger partial charge is 0.494 e. The molecule has 0 atom stereocenters. The van der Waals surface area contributed by atoms with Crippen LogP contribution in [0.15, 0.2) is 48.5 Å². The van der Waals surface area contributed by atoms with Crippen LogP contribution in [0, 0.1) is 0 Å². The second kappa shape index (κ2) is 13.1. The molecule has 0 aromatic heterocycles. The van der Waals surface area contributed by atoms with Crippen molar-refractivity contribution in [1.82, 2.24) is 14.7 Å². The molecule has 0 bridgehead atoms. The zero-order chi connectivity index (χ0) is 27.0. The Morgan fingerprint density at radius 3 is 1.87 bits per heavy atom. The molecule has 0 unspecified atom stereocenters. The van der Waals surface area contributed by atoms with Gasteiger partial charge in [-0.3, -0.25) is 14.4 Å². The highest BCUT2D eigenvalue weighted by Gasteiger charge is 2.29. The highest BCUT2D eigenvalue weighted by atomic mass is 16.5. The topological polar surface area (TPSA) is 73.4 Å². The molecule has 0 spiro atoms. The van der Waals surface area contributed by atoms with Crippen LogP contribution in [0.25, 0.3) is 0 Å². The Morgan fingerprint density at radius 1 is 0.667 bits per heavy atom. The van der Waals surface area contributed by atoms with Crippen molar-refractivity contribution in [2.24, 2.45) is 0 Å². The fourth-order valence-corrected chi connectivity index (χ4v) is 5.72. The lowest BCUT2D eigenvalue weighted by molar-refractivity contribution is -0.120. The lowest BCUT2D eigenvalue weighted by atomic mass is 10.1. The summed E-state index contributed by atoms with van der Waals surface area (Å²) in [5, 5.41) is 0. The SMILES string of the molecule is O=C(c1ccc(C(=O)N2CCN(c3ccc(OCCCN4CCCCCC4)cc3)C(=O)C2)cc1)N1CCCC1. The van der Waals surface area contributed by atoms with Crippen LogP contribution >= 0.6 is 0 Å². The van der Waals surface area contributed by atoms with E-state index in [9.17, 15) is 14.4 Å². The van der Waals surface area contributed by atoms with Crippen LogP contribution in [-0.4, -0.2) is 91.4 Å². The molecule has 3 aliphatic heterocycles. The third kappa shape index (κ3) is 6.98. The summed E-state index contributed by atoms with van der Waals surface area (Å²) in [5.41, 5.74) is 1.90. The number of benzene rings is 2. The number of ether oxygens (including phenoxy) is 1. The Labute approximate surface area is 231 Å². The maximum atomic E-state index is 13.1. The average molecular weight is 533 g/mol. The lowest BCUT2D eigenvalue weighted by Gasteiger charge is -2.34. The highest BCUT2D eigenvalue weighted by Crippen LogP contribution is 2.23. The fourth-order valence-electron chi connectivity index (χ4n) is 5.72. The van der Waals surface area contributed by atoms with Gasteiger partial charge in [0.1, 0.15) is 12.3 Å². The minimum atomic E-state index is -0.188. The van der Waals surface area contributed by atoms with E-state index in [0.29, 0.717) is 30.8 Å². The standard InChI is InChI=1S/C31H40N4O4/c36-29-24-34(31(38)26-10-8-25(9-11-26)30(37)33-19-5-6-20-33)21-22-35(29)27-12-14-28(15-13-27)39-23-7-18-32-16-3-1-2-4-17-32/h8-15H,1-7,16-24H2. The van der Waals surface area contributed by atoms with E-state index in [4.69, 9.17) is 4.74 Å². The predicted molar refractivity (Wildman–Crippen MR) is 151 cm³/mol. The normalized spacial score (nSPS) is 18.8. The quantitative estimate of drug-likeness (QED) is 0.480. The minimum absolute atomic E-state index is 0.0135. The van der Waals surface area contributed by atoms with Gasteiger partial charge in [0.2, 0.25) is 5.91 Å². The Kier molecular flexibility index (Phi) is 9.14. The van der Waals surface area contributed by atoms with E-state index in [1.54, 1.807) is 34.1 Å². The van der Waals surface area contributed by atoms with Crippen molar-refractivity contribution in [2.45, 2.75) is 44.9 Å². The summed E-state index contributed by atoms with van der Waals surface area (Å²) in [4.78, 5) is 46.3. The summed E-state index contributed by atoms with van der Waals surface area (Å²) < 4.78 is 5.94. The number of hydrogen-bond donors (Lipinski definition) is 0. The number of rotatable bonds is 8. The van der Waals surface area contributed by atoms with Crippen molar-refractivity contribution in [3.05, 3.63) is 59.7 Å². The first kappa shape index (κ1) is 27.2. The van der Waals surface area contributed by atoms with Gasteiger partial charge < -0.3 is 24.3 Å². The van der Waals surface area contributed by atoms with Crippen LogP contribution in [0.3, 0.4) is 0 Å². The third-order valence-corrected chi connectivity index (χ3v) is 8.01. The van der Waals surface area contributed by atoms with E-state index >= 15 is 0 Å². The molecule has 2 aromatic carbocycles. The van der Waals surface area contributed by atoms with Gasteiger partial charge in [0.05, 0.1) is 6.61 Å². The predicted octanol–water partition coefficient (Wildman–Crippen LogP) is 4.06. The smallest absolute Gasteiger partial charge is 0.254 e. The van der Waals surface area contributed by atoms with Crippen LogP contribution in [0.4, 0.5) is 5.69 Å². The van der Waals surface area contributed by atoms with Crippen LogP contribution in [0.1, 0.15) is 65.7 Å². The fraction of sp³-hybridized carbons (Fsp3) is 0.516. The van der Waals surface area contributed by atoms with Gasteiger partial charge in [0, 0.05) is 49.5 Å². The molecule has 3 saturated heterocycles. The molecule has 0 saturated carbocycles. The number of nitrogens with zero attached hydrogens (tertiary/aromatic N) is 4. The van der Waals surface area contributed by atoms with Gasteiger partial charge in [-0.2, -0.15) is 0 Å². The molecule has 8 nitrogen and oxygen atoms in total. The molecule has 5 rings (SSSR count). The Hall–Kier alpha value is -3.39. The second-order valence-electron chi connectivity index (χ2n) is 10.8. The average Bonchev–Trinajstić information content (AvgIpc) is 3.39. The number of carbonyl (C=O) groups is 3. The Balaban J connectivity index is 1.08. The Morgan fingerprint density at radius 2 is 1.26 bits per heavy atom. The van der Waals surface area contributed by atoms with Gasteiger partial charge in [-0.15, -0.1) is 0 Å². The monoisotopic (exact) mass is 532 g/mol. The van der Waals surface area contributed by atoms with Crippen LogP contribution in [0.5, 0.6) is 5.75 Å². The van der Waals surface area contributed by atoms with Gasteiger partial charge in [-0.25, -0.2) is 0 Å². The van der Waals surface area contributed by atoms with Gasteiger partial charge >= 0.3 is 0 Å². The van der Waals surface area contributed by atoms with Gasteiger partial charge in [0.15, 0.2) is 0 Å². The summed E-state index contributed by atoms with van der Waals surface area (Å²) in [6, 6.07) is 14.5. The summed E-state index contributed by atoms with van der Waals surface area (Å²) in [5.74, 6) is 0.524. The van der Waals surface area contributed by atoms with Gasteiger partial charge in [-0.1, -0.05) is 12.8 Å². The first-order valence-electron chi connectivity index (χ1n) is 14.5. The van der Waals surface area contributed by atoms with Gasteiger partial charge in [-0.05, 0) is 93.7 Å². The van der Waals surface area contributed by atoms with E-state index in [2.05, 4.69) is 4.90 Å². The van der Waals surface area contributed by atoms with E-state index in [-0.39, 0.29) is 24.3 Å². The molecule has 2 aromatic rings. The van der Waals surface area contributed by atoms with Gasteiger partial charge in [0.25, 0.3) is 11.8 Å². The van der Waals surface area contributed by atoms with Crippen molar-refractivity contribution in [3.8, 4) is 5.75 Å². The van der Waals surface area contributed by atoms with Crippen LogP contribution < -0.4 is 9.64 Å². The number of carbonyl (C=O) groups excluding carboxylic acids is 3. The number of hydrogen-bond acceptors (Lipinski definition) is 5. The molecule has 208 valence electrons. The van der Waals surface area contributed by atoms with E-state index in [0.717, 1.165) is 50.3 Å². The van der Waals surface area contributed by atoms with Crippen molar-refractivity contribution in [1.29, 1.82) is 0 Å². The number of likely N-dealkylation sites (tertiary alicyclic amines) is 2. The first-order valence-corrected chi connectivity index (χ1v) is 14.5. The second-order valence-corrected chi connectivity index (χ2v) is 10.8. The maximum absolute atomic E-state index is 13.1. The molecule has 3 amide bonds. The molecular formula is C31H40N4O4. The van der Waals surface area contributed by atoms with Crippen molar-refractivity contribution >= 4 is 23.4 Å². The molecule has 39 heavy (non-hydrogen) atoms. The van der Waals surface area contributed by atoms with Crippen molar-refractivity contribution in [2.75, 3.05) is 63.9 Å². The van der Waals surface area contributed by atoms with Crippen LogP contribution in [0.2, 0.25) is 0 Å². The number of piperazine rings is 1. The third-order valence-electron chi connectivity index (χ3n) is 8.01. The molecule has 0 radical (unpaired) electrons. The molecule has 8 heteroatoms. The van der Waals surface area contributed by atoms with Crippen molar-refractivity contribution in [3.63, 3.8) is 0 Å². The lowest BCUT2D eigenvalue weighted by Crippen LogP contribution is -2.52. The van der Waals surface area contributed by atoms with Crippen LogP contribution in [-0.2, 0) is 4.79 Å². The summed E-state index contributed by atoms with van der Waals surface area (Å²) >= 11 is 0.